The number of ether oxygens (including phenoxy) is 1. The maximum atomic E-state index is 13.6. The Morgan fingerprint density at radius 1 is 1.10 bits per heavy atom. The van der Waals surface area contributed by atoms with Crippen molar-refractivity contribution in [3.8, 4) is 11.3 Å². The van der Waals surface area contributed by atoms with Crippen LogP contribution in [0.2, 0.25) is 0 Å². The first-order valence-electron chi connectivity index (χ1n) is 10.7. The Labute approximate surface area is 167 Å². The van der Waals surface area contributed by atoms with Crippen LogP contribution in [0.25, 0.3) is 11.3 Å². The molecule has 1 heterocycles. The van der Waals surface area contributed by atoms with Crippen LogP contribution >= 0.6 is 0 Å². The van der Waals surface area contributed by atoms with Crippen LogP contribution in [-0.4, -0.2) is 11.3 Å². The van der Waals surface area contributed by atoms with Crippen molar-refractivity contribution in [2.75, 3.05) is 0 Å². The zero-order valence-corrected chi connectivity index (χ0v) is 16.2. The number of aromatic nitrogens is 1. The van der Waals surface area contributed by atoms with E-state index in [4.69, 9.17) is 9.26 Å². The lowest BCUT2D eigenvalue weighted by atomic mass is 9.63. The molecule has 1 unspecified atom stereocenters. The molecule has 3 nitrogen and oxygen atoms in total. The van der Waals surface area contributed by atoms with E-state index in [1.165, 1.54) is 31.4 Å². The molecule has 0 N–H and O–H groups in total. The van der Waals surface area contributed by atoms with Gasteiger partial charge in [0.05, 0.1) is 18.3 Å². The SMILES string of the molecule is FC(F)(F)c1ccccc1-c1noc(C2CC2)c1CO[C@@H]1CC2C[C@]23CC[C@H]3C1. The fourth-order valence-corrected chi connectivity index (χ4v) is 5.94. The zero-order chi connectivity index (χ0) is 19.8. The van der Waals surface area contributed by atoms with Gasteiger partial charge in [-0.3, -0.25) is 0 Å². The summed E-state index contributed by atoms with van der Waals surface area (Å²) >= 11 is 0. The van der Waals surface area contributed by atoms with E-state index >= 15 is 0 Å². The Kier molecular flexibility index (Phi) is 3.78. The van der Waals surface area contributed by atoms with Gasteiger partial charge in [-0.15, -0.1) is 0 Å². The van der Waals surface area contributed by atoms with Crippen LogP contribution in [0.15, 0.2) is 28.8 Å². The monoisotopic (exact) mass is 403 g/mol. The summed E-state index contributed by atoms with van der Waals surface area (Å²) in [6.07, 6.45) is 3.99. The second-order valence-corrected chi connectivity index (χ2v) is 9.47. The van der Waals surface area contributed by atoms with Crippen LogP contribution in [0.4, 0.5) is 13.2 Å². The smallest absolute Gasteiger partial charge is 0.373 e. The molecule has 0 aliphatic heterocycles. The van der Waals surface area contributed by atoms with Crippen molar-refractivity contribution >= 4 is 0 Å². The minimum Gasteiger partial charge on any atom is -0.373 e. The van der Waals surface area contributed by atoms with E-state index < -0.39 is 11.7 Å². The van der Waals surface area contributed by atoms with Crippen LogP contribution in [0, 0.1) is 17.3 Å². The van der Waals surface area contributed by atoms with Crippen molar-refractivity contribution in [3.05, 3.63) is 41.2 Å². The van der Waals surface area contributed by atoms with Crippen molar-refractivity contribution in [3.63, 3.8) is 0 Å². The lowest BCUT2D eigenvalue weighted by Gasteiger charge is -2.44. The topological polar surface area (TPSA) is 35.3 Å². The highest BCUT2D eigenvalue weighted by atomic mass is 19.4. The summed E-state index contributed by atoms with van der Waals surface area (Å²) < 4.78 is 52.6. The van der Waals surface area contributed by atoms with E-state index in [2.05, 4.69) is 5.16 Å². The zero-order valence-electron chi connectivity index (χ0n) is 16.2. The van der Waals surface area contributed by atoms with Gasteiger partial charge in [0.15, 0.2) is 0 Å². The summed E-state index contributed by atoms with van der Waals surface area (Å²) in [4.78, 5) is 0. The largest absolute Gasteiger partial charge is 0.417 e. The molecular formula is C23H24F3NO2. The molecule has 6 rings (SSSR count). The molecule has 0 radical (unpaired) electrons. The molecule has 4 atom stereocenters. The Hall–Kier alpha value is -1.82. The highest BCUT2D eigenvalue weighted by Gasteiger charge is 2.66. The average Bonchev–Trinajstić information content (AvgIpc) is 3.60. The molecule has 2 aromatic rings. The summed E-state index contributed by atoms with van der Waals surface area (Å²) in [7, 11) is 0. The van der Waals surface area contributed by atoms with E-state index in [0.717, 1.165) is 49.3 Å². The molecule has 4 fully saturated rings. The Bertz CT molecular complexity index is 948. The second kappa shape index (κ2) is 6.10. The van der Waals surface area contributed by atoms with Gasteiger partial charge in [0.2, 0.25) is 0 Å². The van der Waals surface area contributed by atoms with E-state index in [1.54, 1.807) is 6.07 Å². The maximum Gasteiger partial charge on any atom is 0.417 e. The van der Waals surface area contributed by atoms with Gasteiger partial charge in [0, 0.05) is 17.0 Å². The van der Waals surface area contributed by atoms with Gasteiger partial charge in [-0.1, -0.05) is 23.4 Å². The molecule has 6 heteroatoms. The van der Waals surface area contributed by atoms with Crippen LogP contribution in [-0.2, 0) is 17.5 Å². The average molecular weight is 403 g/mol. The maximum absolute atomic E-state index is 13.6. The van der Waals surface area contributed by atoms with E-state index in [-0.39, 0.29) is 24.2 Å². The number of hydrogen-bond donors (Lipinski definition) is 0. The van der Waals surface area contributed by atoms with Gasteiger partial charge in [0.25, 0.3) is 0 Å². The van der Waals surface area contributed by atoms with Crippen molar-refractivity contribution in [2.24, 2.45) is 17.3 Å². The lowest BCUT2D eigenvalue weighted by molar-refractivity contribution is -0.137. The number of rotatable bonds is 5. The normalized spacial score (nSPS) is 33.0. The molecule has 154 valence electrons. The van der Waals surface area contributed by atoms with Gasteiger partial charge < -0.3 is 9.26 Å². The second-order valence-electron chi connectivity index (χ2n) is 9.47. The lowest BCUT2D eigenvalue weighted by Crippen LogP contribution is -2.38. The molecule has 0 amide bonds. The highest BCUT2D eigenvalue weighted by molar-refractivity contribution is 5.68. The van der Waals surface area contributed by atoms with Crippen LogP contribution in [0.5, 0.6) is 0 Å². The Morgan fingerprint density at radius 2 is 1.90 bits per heavy atom. The summed E-state index contributed by atoms with van der Waals surface area (Å²) in [6.45, 7) is 0.286. The van der Waals surface area contributed by atoms with Crippen molar-refractivity contribution in [1.29, 1.82) is 0 Å². The van der Waals surface area contributed by atoms with E-state index in [1.807, 2.05) is 0 Å². The summed E-state index contributed by atoms with van der Waals surface area (Å²) in [5, 5.41) is 4.09. The number of alkyl halides is 3. The molecule has 29 heavy (non-hydrogen) atoms. The molecule has 4 aliphatic carbocycles. The summed E-state index contributed by atoms with van der Waals surface area (Å²) in [6, 6.07) is 5.61. The minimum absolute atomic E-state index is 0.0816. The van der Waals surface area contributed by atoms with Gasteiger partial charge in [-0.25, -0.2) is 0 Å². The van der Waals surface area contributed by atoms with Gasteiger partial charge >= 0.3 is 6.18 Å². The van der Waals surface area contributed by atoms with Crippen molar-refractivity contribution in [1.82, 2.24) is 5.16 Å². The third-order valence-electron chi connectivity index (χ3n) is 7.86. The fraction of sp³-hybridized carbons (Fsp3) is 0.609. The number of benzene rings is 1. The van der Waals surface area contributed by atoms with Gasteiger partial charge in [-0.2, -0.15) is 13.2 Å². The Morgan fingerprint density at radius 3 is 2.59 bits per heavy atom. The molecule has 0 bridgehead atoms. The highest BCUT2D eigenvalue weighted by Crippen LogP contribution is 2.73. The van der Waals surface area contributed by atoms with Crippen LogP contribution in [0.1, 0.15) is 67.8 Å². The summed E-state index contributed by atoms with van der Waals surface area (Å²) in [5.41, 5.74) is 1.06. The molecule has 1 aromatic heterocycles. The van der Waals surface area contributed by atoms with Crippen molar-refractivity contribution < 1.29 is 22.4 Å². The number of nitrogens with zero attached hydrogens (tertiary/aromatic N) is 1. The minimum atomic E-state index is -4.43. The predicted octanol–water partition coefficient (Wildman–Crippen LogP) is 6.33. The number of hydrogen-bond acceptors (Lipinski definition) is 3. The molecule has 4 saturated carbocycles. The van der Waals surface area contributed by atoms with E-state index in [9.17, 15) is 13.2 Å². The Balaban J connectivity index is 1.28. The fourth-order valence-electron chi connectivity index (χ4n) is 5.94. The first-order chi connectivity index (χ1) is 14.0. The van der Waals surface area contributed by atoms with E-state index in [0.29, 0.717) is 16.7 Å². The molecular weight excluding hydrogens is 379 g/mol. The van der Waals surface area contributed by atoms with Crippen molar-refractivity contribution in [2.45, 2.75) is 69.8 Å². The first kappa shape index (κ1) is 18.0. The van der Waals surface area contributed by atoms with Crippen LogP contribution in [0.3, 0.4) is 0 Å². The predicted molar refractivity (Wildman–Crippen MR) is 100.0 cm³/mol. The van der Waals surface area contributed by atoms with Gasteiger partial charge in [0.1, 0.15) is 11.5 Å². The standard InChI is InChI=1S/C23H24F3NO2/c24-23(25,26)19-4-2-1-3-17(19)20-18(21(29-27-20)13-5-6-13)12-28-16-9-14-7-8-22(14)11-15(22)10-16/h1-4,13-16H,5-12H2/t14-,15?,16-,22-/m0/s1. The molecule has 0 saturated heterocycles. The first-order valence-corrected chi connectivity index (χ1v) is 10.7. The third-order valence-corrected chi connectivity index (χ3v) is 7.86. The molecule has 1 aromatic carbocycles. The van der Waals surface area contributed by atoms with Gasteiger partial charge in [-0.05, 0) is 68.3 Å². The molecule has 4 aliphatic rings. The summed E-state index contributed by atoms with van der Waals surface area (Å²) in [5.74, 6) is 2.58. The third kappa shape index (κ3) is 2.86. The number of halogens is 3. The quantitative estimate of drug-likeness (QED) is 0.585. The van der Waals surface area contributed by atoms with Crippen LogP contribution < -0.4 is 0 Å². The molecule has 1 spiro atoms.